The fraction of sp³-hybridized carbons (Fsp3) is 0.444. The number of phenolic OH excluding ortho intramolecular Hbond substituents is 2. The van der Waals surface area contributed by atoms with Crippen LogP contribution in [-0.4, -0.2) is 84.7 Å². The third-order valence-corrected chi connectivity index (χ3v) is 7.96. The lowest BCUT2D eigenvalue weighted by molar-refractivity contribution is -0.466. The number of Topliss-reactive ketones (excluding diaryl/α,β-unsaturated/α-hetero) is 1. The van der Waals surface area contributed by atoms with Crippen LogP contribution in [0.15, 0.2) is 18.2 Å². The molecule has 1 aliphatic heterocycles. The molecule has 2 aliphatic carbocycles. The first-order valence-electron chi connectivity index (χ1n) is 12.5. The van der Waals surface area contributed by atoms with Gasteiger partial charge < -0.3 is 45.8 Å². The van der Waals surface area contributed by atoms with Crippen molar-refractivity contribution >= 4 is 17.3 Å². The summed E-state index contributed by atoms with van der Waals surface area (Å²) in [7, 11) is 0. The summed E-state index contributed by atoms with van der Waals surface area (Å²) < 4.78 is 11.8. The van der Waals surface area contributed by atoms with Crippen LogP contribution < -0.4 is 5.73 Å². The highest BCUT2D eigenvalue weighted by atomic mass is 16.7. The van der Waals surface area contributed by atoms with Gasteiger partial charge in [0.05, 0.1) is 36.4 Å². The summed E-state index contributed by atoms with van der Waals surface area (Å²) in [6.07, 6.45) is -4.81. The number of aromatic hydroxyl groups is 2. The van der Waals surface area contributed by atoms with Crippen LogP contribution in [0.1, 0.15) is 74.4 Å². The third-order valence-electron chi connectivity index (χ3n) is 7.96. The lowest BCUT2D eigenvalue weighted by Crippen LogP contribution is -2.71. The van der Waals surface area contributed by atoms with E-state index < -0.39 is 102 Å². The summed E-state index contributed by atoms with van der Waals surface area (Å²) in [4.78, 5) is 39.7. The average Bonchev–Trinajstić information content (AvgIpc) is 2.90. The predicted octanol–water partition coefficient (Wildman–Crippen LogP) is -1.23. The van der Waals surface area contributed by atoms with Crippen molar-refractivity contribution < 1.29 is 60.2 Å². The van der Waals surface area contributed by atoms with Crippen molar-refractivity contribution in [3.63, 3.8) is 0 Å². The summed E-state index contributed by atoms with van der Waals surface area (Å²) in [6, 6.07) is 3.80. The number of fused-ring (bicyclic) bond motifs is 3. The first kappa shape index (κ1) is 27.3. The molecular weight excluding hydrogens is 514 g/mol. The average molecular weight is 545 g/mol. The maximum atomic E-state index is 13.6. The van der Waals surface area contributed by atoms with Crippen molar-refractivity contribution in [3.05, 3.63) is 57.1 Å². The number of hydrogen-bond donors (Lipinski definition) is 7. The Bertz CT molecular complexity index is 1380. The van der Waals surface area contributed by atoms with Crippen LogP contribution in [0.25, 0.3) is 0 Å². The van der Waals surface area contributed by atoms with E-state index in [1.165, 1.54) is 18.2 Å². The molecule has 12 nitrogen and oxygen atoms in total. The number of quaternary nitrogens is 1. The van der Waals surface area contributed by atoms with Crippen molar-refractivity contribution in [2.75, 3.05) is 6.61 Å². The molecule has 5 rings (SSSR count). The van der Waals surface area contributed by atoms with Gasteiger partial charge in [0.15, 0.2) is 23.6 Å². The molecule has 208 valence electrons. The Morgan fingerprint density at radius 2 is 1.82 bits per heavy atom. The second kappa shape index (κ2) is 9.75. The fourth-order valence-electron chi connectivity index (χ4n) is 5.87. The molecule has 1 saturated heterocycles. The van der Waals surface area contributed by atoms with Crippen LogP contribution >= 0.6 is 0 Å². The summed E-state index contributed by atoms with van der Waals surface area (Å²) in [6.45, 7) is 0.0422. The molecule has 0 bridgehead atoms. The van der Waals surface area contributed by atoms with Gasteiger partial charge in [0.2, 0.25) is 0 Å². The number of aliphatic hydroxyl groups is 4. The third kappa shape index (κ3) is 4.16. The zero-order chi connectivity index (χ0) is 28.4. The zero-order valence-electron chi connectivity index (χ0n) is 21.1. The number of carbonyl (C=O) groups is 3. The topological polar surface area (TPSA) is 219 Å². The lowest BCUT2D eigenvalue weighted by Gasteiger charge is -2.41. The highest BCUT2D eigenvalue weighted by Gasteiger charge is 2.50. The molecule has 12 heteroatoms. The van der Waals surface area contributed by atoms with E-state index in [2.05, 4.69) is 5.73 Å². The molecule has 2 aromatic rings. The molecule has 0 amide bonds. The number of ketones is 3. The van der Waals surface area contributed by atoms with Crippen molar-refractivity contribution in [3.8, 4) is 11.5 Å². The summed E-state index contributed by atoms with van der Waals surface area (Å²) in [5.41, 5.74) is 0.341. The minimum Gasteiger partial charge on any atom is -0.507 e. The number of rotatable bonds is 5. The zero-order valence-corrected chi connectivity index (χ0v) is 21.1. The molecule has 1 unspecified atom stereocenters. The summed E-state index contributed by atoms with van der Waals surface area (Å²) >= 11 is 0. The number of aliphatic hydroxyl groups excluding tert-OH is 3. The maximum Gasteiger partial charge on any atom is 0.198 e. The van der Waals surface area contributed by atoms with Gasteiger partial charge in [-0.15, -0.1) is 0 Å². The Morgan fingerprint density at radius 3 is 2.46 bits per heavy atom. The van der Waals surface area contributed by atoms with Gasteiger partial charge >= 0.3 is 0 Å². The molecular formula is C27H30NO11+. The van der Waals surface area contributed by atoms with Gasteiger partial charge in [-0.2, -0.15) is 0 Å². The quantitative estimate of drug-likeness (QED) is 0.189. The number of benzene rings is 2. The van der Waals surface area contributed by atoms with Crippen LogP contribution in [0, 0.1) is 0 Å². The van der Waals surface area contributed by atoms with E-state index >= 15 is 0 Å². The first-order chi connectivity index (χ1) is 18.4. The Hall–Kier alpha value is -3.23. The Labute approximate surface area is 222 Å². The van der Waals surface area contributed by atoms with Crippen LogP contribution in [0.2, 0.25) is 0 Å². The van der Waals surface area contributed by atoms with Gasteiger partial charge in [-0.25, -0.2) is 0 Å². The minimum atomic E-state index is -2.24. The van der Waals surface area contributed by atoms with Gasteiger partial charge in [0, 0.05) is 35.1 Å². The van der Waals surface area contributed by atoms with Gasteiger partial charge in [-0.1, -0.05) is 18.2 Å². The number of hydrogen-bond acceptors (Lipinski definition) is 11. The van der Waals surface area contributed by atoms with E-state index in [4.69, 9.17) is 9.47 Å². The molecule has 2 aromatic carbocycles. The van der Waals surface area contributed by atoms with Crippen molar-refractivity contribution in [1.82, 2.24) is 0 Å². The summed E-state index contributed by atoms with van der Waals surface area (Å²) in [5.74, 6) is -3.94. The highest BCUT2D eigenvalue weighted by Crippen LogP contribution is 2.52. The molecule has 6 atom stereocenters. The van der Waals surface area contributed by atoms with E-state index in [0.717, 1.165) is 0 Å². The van der Waals surface area contributed by atoms with Crippen molar-refractivity contribution in [2.45, 2.75) is 69.0 Å². The smallest absolute Gasteiger partial charge is 0.198 e. The molecule has 0 saturated carbocycles. The van der Waals surface area contributed by atoms with Gasteiger partial charge in [0.1, 0.15) is 35.9 Å². The van der Waals surface area contributed by atoms with Crippen LogP contribution in [0.5, 0.6) is 11.5 Å². The lowest BCUT2D eigenvalue weighted by atomic mass is 9.71. The van der Waals surface area contributed by atoms with Gasteiger partial charge in [-0.05, 0) is 12.5 Å². The highest BCUT2D eigenvalue weighted by molar-refractivity contribution is 6.31. The van der Waals surface area contributed by atoms with E-state index in [1.54, 1.807) is 6.92 Å². The van der Waals surface area contributed by atoms with Crippen LogP contribution in [0.3, 0.4) is 0 Å². The van der Waals surface area contributed by atoms with Crippen LogP contribution in [0.4, 0.5) is 0 Å². The number of phenols is 2. The molecule has 39 heavy (non-hydrogen) atoms. The first-order valence-corrected chi connectivity index (χ1v) is 12.5. The maximum absolute atomic E-state index is 13.6. The molecule has 0 spiro atoms. The molecule has 3 aliphatic rings. The molecule has 1 heterocycles. The van der Waals surface area contributed by atoms with E-state index in [-0.39, 0.29) is 34.2 Å². The van der Waals surface area contributed by atoms with Gasteiger partial charge in [-0.3, -0.25) is 14.4 Å². The standard InChI is InChI=1S/C27H29NO11/c1-10-22(32)14(28)5-17(38-10)39-15-7-27(37,16(31)9-30)6-13-19(15)26(36)21-20(24(13)34)23(33)12-4-2-3-11(8-29)18(12)25(21)35/h2-4,10,14-15,17,22,29-30,32,34,36-37H,5-9,28H2,1H3/p+1/t10-,14-,15+,17?,22+,27-/m0/s1. The second-order valence-corrected chi connectivity index (χ2v) is 10.4. The minimum absolute atomic E-state index is 0.0800. The normalized spacial score (nSPS) is 29.9. The monoisotopic (exact) mass is 544 g/mol. The Balaban J connectivity index is 1.69. The Morgan fingerprint density at radius 1 is 1.13 bits per heavy atom. The van der Waals surface area contributed by atoms with E-state index in [1.807, 2.05) is 0 Å². The van der Waals surface area contributed by atoms with E-state index in [9.17, 15) is 45.0 Å². The Kier molecular flexibility index (Phi) is 6.84. The predicted molar refractivity (Wildman–Crippen MR) is 130 cm³/mol. The van der Waals surface area contributed by atoms with Crippen molar-refractivity contribution in [1.29, 1.82) is 0 Å². The molecule has 0 aromatic heterocycles. The number of carbonyl (C=O) groups excluding carboxylic acids is 3. The fourth-order valence-corrected chi connectivity index (χ4v) is 5.87. The molecule has 9 N–H and O–H groups in total. The van der Waals surface area contributed by atoms with E-state index in [0.29, 0.717) is 0 Å². The SMILES string of the molecule is C[C@@H]1OC(O[C@@H]2C[C@](O)(C(=O)CO)Cc3c(O)c4c(c(O)c32)C(=O)c2c(CO)cccc2C4=O)C[C@H]([NH3+])[C@@H]1O. The molecule has 0 radical (unpaired) electrons. The molecule has 1 fully saturated rings. The van der Waals surface area contributed by atoms with Crippen LogP contribution in [-0.2, 0) is 27.3 Å². The number of ether oxygens (including phenoxy) is 2. The summed E-state index contributed by atoms with van der Waals surface area (Å²) in [5, 5.41) is 63.5. The largest absolute Gasteiger partial charge is 0.507 e. The second-order valence-electron chi connectivity index (χ2n) is 10.4. The van der Waals surface area contributed by atoms with Gasteiger partial charge in [0.25, 0.3) is 0 Å². The van der Waals surface area contributed by atoms with Crippen molar-refractivity contribution in [2.24, 2.45) is 0 Å².